The lowest BCUT2D eigenvalue weighted by molar-refractivity contribution is -0.122. The molecule has 27 heavy (non-hydrogen) atoms. The monoisotopic (exact) mass is 387 g/mol. The SMILES string of the molecule is CN(C)c1ccnc(N[C@H]2CC[C@@H](NC(=O)CCCc3cccs3)CC2)n1. The summed E-state index contributed by atoms with van der Waals surface area (Å²) in [7, 11) is 3.95. The summed E-state index contributed by atoms with van der Waals surface area (Å²) in [6.07, 6.45) is 8.36. The number of rotatable bonds is 8. The van der Waals surface area contributed by atoms with Gasteiger partial charge in [-0.15, -0.1) is 11.3 Å². The molecule has 1 amide bonds. The van der Waals surface area contributed by atoms with Crippen LogP contribution < -0.4 is 15.5 Å². The Balaban J connectivity index is 1.36. The number of hydrogen-bond acceptors (Lipinski definition) is 6. The first-order valence-corrected chi connectivity index (χ1v) is 10.6. The fraction of sp³-hybridized carbons (Fsp3) is 0.550. The first kappa shape index (κ1) is 19.6. The van der Waals surface area contributed by atoms with Crippen LogP contribution in [0.4, 0.5) is 11.8 Å². The minimum atomic E-state index is 0.185. The van der Waals surface area contributed by atoms with E-state index >= 15 is 0 Å². The number of nitrogens with one attached hydrogen (secondary N) is 2. The van der Waals surface area contributed by atoms with Gasteiger partial charge in [0, 0.05) is 43.7 Å². The number of nitrogens with zero attached hydrogens (tertiary/aromatic N) is 3. The molecule has 0 aliphatic heterocycles. The Labute approximate surface area is 165 Å². The molecule has 0 atom stereocenters. The van der Waals surface area contributed by atoms with E-state index in [0.29, 0.717) is 24.5 Å². The van der Waals surface area contributed by atoms with Gasteiger partial charge in [0.2, 0.25) is 11.9 Å². The zero-order chi connectivity index (χ0) is 19.1. The van der Waals surface area contributed by atoms with E-state index in [-0.39, 0.29) is 5.91 Å². The molecule has 0 spiro atoms. The molecular weight excluding hydrogens is 358 g/mol. The van der Waals surface area contributed by atoms with Crippen LogP contribution in [0.15, 0.2) is 29.8 Å². The molecule has 0 aromatic carbocycles. The summed E-state index contributed by atoms with van der Waals surface area (Å²) in [6.45, 7) is 0. The predicted molar refractivity (Wildman–Crippen MR) is 111 cm³/mol. The Morgan fingerprint density at radius 3 is 2.70 bits per heavy atom. The molecule has 0 unspecified atom stereocenters. The van der Waals surface area contributed by atoms with Gasteiger partial charge < -0.3 is 15.5 Å². The molecule has 2 aromatic rings. The van der Waals surface area contributed by atoms with Crippen LogP contribution >= 0.6 is 11.3 Å². The average Bonchev–Trinajstić information content (AvgIpc) is 3.17. The van der Waals surface area contributed by atoms with Gasteiger partial charge in [0.25, 0.3) is 0 Å². The van der Waals surface area contributed by atoms with Gasteiger partial charge in [-0.3, -0.25) is 4.79 Å². The van der Waals surface area contributed by atoms with E-state index in [4.69, 9.17) is 0 Å². The van der Waals surface area contributed by atoms with Crippen LogP contribution in [0, 0.1) is 0 Å². The third-order valence-corrected chi connectivity index (χ3v) is 5.87. The number of amides is 1. The van der Waals surface area contributed by atoms with E-state index < -0.39 is 0 Å². The number of aryl methyl sites for hydroxylation is 1. The molecule has 1 saturated carbocycles. The second-order valence-electron chi connectivity index (χ2n) is 7.33. The molecule has 2 N–H and O–H groups in total. The zero-order valence-electron chi connectivity index (χ0n) is 16.1. The van der Waals surface area contributed by atoms with Crippen molar-refractivity contribution >= 4 is 29.0 Å². The maximum Gasteiger partial charge on any atom is 0.224 e. The lowest BCUT2D eigenvalue weighted by Gasteiger charge is -2.29. The Kier molecular flexibility index (Phi) is 7.04. The fourth-order valence-electron chi connectivity index (χ4n) is 3.41. The van der Waals surface area contributed by atoms with Crippen molar-refractivity contribution < 1.29 is 4.79 Å². The van der Waals surface area contributed by atoms with Crippen LogP contribution in [-0.2, 0) is 11.2 Å². The van der Waals surface area contributed by atoms with Crippen molar-refractivity contribution in [3.05, 3.63) is 34.7 Å². The van der Waals surface area contributed by atoms with Gasteiger partial charge in [0.1, 0.15) is 5.82 Å². The number of carbonyl (C=O) groups is 1. The van der Waals surface area contributed by atoms with Gasteiger partial charge in [0.05, 0.1) is 0 Å². The van der Waals surface area contributed by atoms with Crippen LogP contribution in [0.25, 0.3) is 0 Å². The first-order valence-electron chi connectivity index (χ1n) is 9.69. The molecule has 3 rings (SSSR count). The van der Waals surface area contributed by atoms with Crippen molar-refractivity contribution in [1.82, 2.24) is 15.3 Å². The highest BCUT2D eigenvalue weighted by molar-refractivity contribution is 7.09. The molecule has 2 heterocycles. The molecule has 1 fully saturated rings. The summed E-state index contributed by atoms with van der Waals surface area (Å²) in [5.41, 5.74) is 0. The quantitative estimate of drug-likeness (QED) is 0.726. The highest BCUT2D eigenvalue weighted by Crippen LogP contribution is 2.22. The van der Waals surface area contributed by atoms with Gasteiger partial charge in [-0.05, 0) is 56.0 Å². The van der Waals surface area contributed by atoms with Crippen LogP contribution in [0.3, 0.4) is 0 Å². The molecule has 2 aromatic heterocycles. The van der Waals surface area contributed by atoms with Crippen LogP contribution in [0.2, 0.25) is 0 Å². The molecule has 0 bridgehead atoms. The zero-order valence-corrected chi connectivity index (χ0v) is 17.0. The van der Waals surface area contributed by atoms with Crippen molar-refractivity contribution in [1.29, 1.82) is 0 Å². The molecule has 0 radical (unpaired) electrons. The summed E-state index contributed by atoms with van der Waals surface area (Å²) >= 11 is 1.76. The lowest BCUT2D eigenvalue weighted by Crippen LogP contribution is -2.40. The molecule has 6 nitrogen and oxygen atoms in total. The molecule has 146 valence electrons. The number of aromatic nitrogens is 2. The topological polar surface area (TPSA) is 70.2 Å². The van der Waals surface area contributed by atoms with Gasteiger partial charge in [-0.1, -0.05) is 6.07 Å². The highest BCUT2D eigenvalue weighted by Gasteiger charge is 2.22. The molecule has 1 aliphatic carbocycles. The lowest BCUT2D eigenvalue weighted by atomic mass is 9.91. The van der Waals surface area contributed by atoms with Gasteiger partial charge in [-0.25, -0.2) is 4.98 Å². The largest absolute Gasteiger partial charge is 0.363 e. The van der Waals surface area contributed by atoms with E-state index in [1.807, 2.05) is 25.1 Å². The van der Waals surface area contributed by atoms with Gasteiger partial charge in [0.15, 0.2) is 0 Å². The van der Waals surface area contributed by atoms with Crippen molar-refractivity contribution in [2.45, 2.75) is 57.0 Å². The van der Waals surface area contributed by atoms with E-state index in [0.717, 1.165) is 44.3 Å². The third-order valence-electron chi connectivity index (χ3n) is 4.93. The smallest absolute Gasteiger partial charge is 0.224 e. The first-order chi connectivity index (χ1) is 13.1. The molecule has 7 heteroatoms. The van der Waals surface area contributed by atoms with E-state index in [1.54, 1.807) is 17.5 Å². The molecule has 0 saturated heterocycles. The van der Waals surface area contributed by atoms with E-state index in [9.17, 15) is 4.79 Å². The maximum absolute atomic E-state index is 12.2. The van der Waals surface area contributed by atoms with Gasteiger partial charge in [-0.2, -0.15) is 4.98 Å². The van der Waals surface area contributed by atoms with Crippen molar-refractivity contribution in [2.24, 2.45) is 0 Å². The number of hydrogen-bond donors (Lipinski definition) is 2. The van der Waals surface area contributed by atoms with Crippen LogP contribution in [0.1, 0.15) is 43.4 Å². The Hall–Kier alpha value is -2.15. The van der Waals surface area contributed by atoms with Crippen molar-refractivity contribution in [3.63, 3.8) is 0 Å². The number of thiophene rings is 1. The Morgan fingerprint density at radius 1 is 1.22 bits per heavy atom. The molecule has 1 aliphatic rings. The van der Waals surface area contributed by atoms with Crippen molar-refractivity contribution in [2.75, 3.05) is 24.3 Å². The summed E-state index contributed by atoms with van der Waals surface area (Å²) < 4.78 is 0. The number of carbonyl (C=O) groups excluding carboxylic acids is 1. The second kappa shape index (κ2) is 9.69. The van der Waals surface area contributed by atoms with Crippen LogP contribution in [0.5, 0.6) is 0 Å². The maximum atomic E-state index is 12.2. The van der Waals surface area contributed by atoms with E-state index in [2.05, 4.69) is 38.1 Å². The minimum absolute atomic E-state index is 0.185. The molecular formula is C20H29N5OS. The third kappa shape index (κ3) is 6.20. The number of anilines is 2. The average molecular weight is 388 g/mol. The summed E-state index contributed by atoms with van der Waals surface area (Å²) in [6, 6.07) is 6.76. The summed E-state index contributed by atoms with van der Waals surface area (Å²) in [5.74, 6) is 1.77. The van der Waals surface area contributed by atoms with Crippen molar-refractivity contribution in [3.8, 4) is 0 Å². The summed E-state index contributed by atoms with van der Waals surface area (Å²) in [5, 5.41) is 8.73. The van der Waals surface area contributed by atoms with E-state index in [1.165, 1.54) is 4.88 Å². The Morgan fingerprint density at radius 2 is 2.00 bits per heavy atom. The standard InChI is InChI=1S/C20H29N5OS/c1-25(2)18-12-13-21-20(24-18)23-16-10-8-15(9-11-16)22-19(26)7-3-5-17-6-4-14-27-17/h4,6,12-16H,3,5,7-11H2,1-2H3,(H,22,26)(H,21,23,24)/t15-,16+. The van der Waals surface area contributed by atoms with Gasteiger partial charge >= 0.3 is 0 Å². The minimum Gasteiger partial charge on any atom is -0.363 e. The Bertz CT molecular complexity index is 711. The normalized spacial score (nSPS) is 19.5. The van der Waals surface area contributed by atoms with Crippen LogP contribution in [-0.4, -0.2) is 42.1 Å². The highest BCUT2D eigenvalue weighted by atomic mass is 32.1. The second-order valence-corrected chi connectivity index (χ2v) is 8.36. The predicted octanol–water partition coefficient (Wildman–Crippen LogP) is 3.47. The summed E-state index contributed by atoms with van der Waals surface area (Å²) in [4.78, 5) is 24.3. The fourth-order valence-corrected chi connectivity index (χ4v) is 4.16.